The third kappa shape index (κ3) is 4.05. The van der Waals surface area contributed by atoms with Crippen molar-refractivity contribution >= 4 is 40.2 Å². The third-order valence-electron chi connectivity index (χ3n) is 2.58. The van der Waals surface area contributed by atoms with E-state index >= 15 is 0 Å². The molecule has 0 aliphatic heterocycles. The average Bonchev–Trinajstić information content (AvgIpc) is 2.84. The van der Waals surface area contributed by atoms with Crippen molar-refractivity contribution in [1.29, 1.82) is 0 Å². The summed E-state index contributed by atoms with van der Waals surface area (Å²) in [7, 11) is 0. The standard InChI is InChI=1S/C13H13IN4O2/c14-10-3-1-9(2-4-10)13(20)16-12-6-8-18(17-12)7-5-11(15)19/h1-4,6,8H,5,7H2,(H2,15,19)(H,16,17,20). The van der Waals surface area contributed by atoms with Crippen molar-refractivity contribution in [2.45, 2.75) is 13.0 Å². The summed E-state index contributed by atoms with van der Waals surface area (Å²) < 4.78 is 2.63. The zero-order valence-corrected chi connectivity index (χ0v) is 12.7. The quantitative estimate of drug-likeness (QED) is 0.768. The molecule has 0 saturated carbocycles. The highest BCUT2D eigenvalue weighted by Crippen LogP contribution is 2.10. The van der Waals surface area contributed by atoms with Gasteiger partial charge in [0, 0.05) is 34.4 Å². The minimum Gasteiger partial charge on any atom is -0.370 e. The number of nitrogens with one attached hydrogen (secondary N) is 1. The number of benzene rings is 1. The zero-order valence-electron chi connectivity index (χ0n) is 10.5. The van der Waals surface area contributed by atoms with Gasteiger partial charge in [0.1, 0.15) is 0 Å². The van der Waals surface area contributed by atoms with E-state index in [9.17, 15) is 9.59 Å². The average molecular weight is 384 g/mol. The predicted octanol–water partition coefficient (Wildman–Crippen LogP) is 1.62. The number of carbonyl (C=O) groups is 2. The van der Waals surface area contributed by atoms with Crippen LogP contribution in [0.5, 0.6) is 0 Å². The molecule has 6 nitrogen and oxygen atoms in total. The molecule has 1 heterocycles. The Morgan fingerprint density at radius 3 is 2.60 bits per heavy atom. The predicted molar refractivity (Wildman–Crippen MR) is 83.2 cm³/mol. The van der Waals surface area contributed by atoms with Crippen LogP contribution in [0.1, 0.15) is 16.8 Å². The lowest BCUT2D eigenvalue weighted by Gasteiger charge is -2.02. The summed E-state index contributed by atoms with van der Waals surface area (Å²) in [5.41, 5.74) is 5.63. The van der Waals surface area contributed by atoms with Crippen LogP contribution in [0.4, 0.5) is 5.82 Å². The van der Waals surface area contributed by atoms with Gasteiger partial charge in [-0.25, -0.2) is 0 Å². The smallest absolute Gasteiger partial charge is 0.256 e. The molecule has 0 bridgehead atoms. The van der Waals surface area contributed by atoms with Gasteiger partial charge >= 0.3 is 0 Å². The van der Waals surface area contributed by atoms with Gasteiger partial charge in [-0.3, -0.25) is 14.3 Å². The molecule has 0 radical (unpaired) electrons. The third-order valence-corrected chi connectivity index (χ3v) is 3.30. The first-order chi connectivity index (χ1) is 9.54. The Kier molecular flexibility index (Phi) is 4.72. The molecule has 0 saturated heterocycles. The van der Waals surface area contributed by atoms with E-state index in [1.807, 2.05) is 12.1 Å². The molecule has 104 valence electrons. The Hall–Kier alpha value is -1.90. The first-order valence-corrected chi connectivity index (χ1v) is 7.01. The minimum absolute atomic E-state index is 0.214. The van der Waals surface area contributed by atoms with E-state index in [2.05, 4.69) is 33.0 Å². The molecule has 0 atom stereocenters. The van der Waals surface area contributed by atoms with E-state index < -0.39 is 0 Å². The van der Waals surface area contributed by atoms with Crippen LogP contribution in [0.3, 0.4) is 0 Å². The van der Waals surface area contributed by atoms with E-state index in [0.717, 1.165) is 3.57 Å². The van der Waals surface area contributed by atoms with Crippen LogP contribution in [0.15, 0.2) is 36.5 Å². The van der Waals surface area contributed by atoms with Crippen molar-refractivity contribution in [3.8, 4) is 0 Å². The number of primary amides is 1. The fourth-order valence-corrected chi connectivity index (χ4v) is 1.93. The van der Waals surface area contributed by atoms with E-state index in [0.29, 0.717) is 17.9 Å². The van der Waals surface area contributed by atoms with Gasteiger partial charge in [-0.05, 0) is 46.9 Å². The molecule has 1 aromatic heterocycles. The normalized spacial score (nSPS) is 10.2. The Morgan fingerprint density at radius 1 is 1.25 bits per heavy atom. The van der Waals surface area contributed by atoms with Crippen LogP contribution < -0.4 is 11.1 Å². The number of aryl methyl sites for hydroxylation is 1. The second kappa shape index (κ2) is 6.51. The van der Waals surface area contributed by atoms with Gasteiger partial charge in [0.25, 0.3) is 5.91 Å². The van der Waals surface area contributed by atoms with Crippen molar-refractivity contribution in [2.24, 2.45) is 5.73 Å². The van der Waals surface area contributed by atoms with E-state index in [-0.39, 0.29) is 18.2 Å². The first kappa shape index (κ1) is 14.5. The largest absolute Gasteiger partial charge is 0.370 e. The first-order valence-electron chi connectivity index (χ1n) is 5.93. The molecule has 0 spiro atoms. The highest BCUT2D eigenvalue weighted by atomic mass is 127. The van der Waals surface area contributed by atoms with Gasteiger partial charge in [0.2, 0.25) is 5.91 Å². The highest BCUT2D eigenvalue weighted by Gasteiger charge is 2.08. The summed E-state index contributed by atoms with van der Waals surface area (Å²) in [5.74, 6) is -0.162. The van der Waals surface area contributed by atoms with E-state index in [4.69, 9.17) is 5.73 Å². The second-order valence-corrected chi connectivity index (χ2v) is 5.39. The number of hydrogen-bond donors (Lipinski definition) is 2. The van der Waals surface area contributed by atoms with Crippen molar-refractivity contribution in [3.05, 3.63) is 45.7 Å². The molecule has 7 heteroatoms. The van der Waals surface area contributed by atoms with E-state index in [1.54, 1.807) is 29.1 Å². The molecule has 0 fully saturated rings. The fraction of sp³-hybridized carbons (Fsp3) is 0.154. The number of rotatable bonds is 5. The highest BCUT2D eigenvalue weighted by molar-refractivity contribution is 14.1. The molecule has 2 amide bonds. The topological polar surface area (TPSA) is 90.0 Å². The number of amides is 2. The summed E-state index contributed by atoms with van der Waals surface area (Å²) in [6, 6.07) is 8.90. The summed E-state index contributed by atoms with van der Waals surface area (Å²) in [6.45, 7) is 0.398. The van der Waals surface area contributed by atoms with Crippen LogP contribution in [0, 0.1) is 3.57 Å². The van der Waals surface area contributed by atoms with Crippen molar-refractivity contribution in [3.63, 3.8) is 0 Å². The van der Waals surface area contributed by atoms with Gasteiger partial charge < -0.3 is 11.1 Å². The van der Waals surface area contributed by atoms with Gasteiger partial charge in [-0.1, -0.05) is 0 Å². The van der Waals surface area contributed by atoms with Gasteiger partial charge in [-0.15, -0.1) is 0 Å². The van der Waals surface area contributed by atoms with Gasteiger partial charge in [0.05, 0.1) is 0 Å². The van der Waals surface area contributed by atoms with Gasteiger partial charge in [-0.2, -0.15) is 5.10 Å². The van der Waals surface area contributed by atoms with Crippen molar-refractivity contribution in [2.75, 3.05) is 5.32 Å². The number of anilines is 1. The van der Waals surface area contributed by atoms with Gasteiger partial charge in [0.15, 0.2) is 5.82 Å². The second-order valence-electron chi connectivity index (χ2n) is 4.14. The molecule has 3 N–H and O–H groups in total. The molecule has 1 aromatic carbocycles. The van der Waals surface area contributed by atoms with Crippen LogP contribution in [0.2, 0.25) is 0 Å². The number of aromatic nitrogens is 2. The summed E-state index contributed by atoms with van der Waals surface area (Å²) in [5, 5.41) is 6.84. The van der Waals surface area contributed by atoms with E-state index in [1.165, 1.54) is 0 Å². The Balaban J connectivity index is 1.97. The summed E-state index contributed by atoms with van der Waals surface area (Å²) >= 11 is 2.18. The van der Waals surface area contributed by atoms with Crippen molar-refractivity contribution < 1.29 is 9.59 Å². The molecule has 0 aliphatic carbocycles. The lowest BCUT2D eigenvalue weighted by molar-refractivity contribution is -0.118. The molecule has 2 rings (SSSR count). The summed E-state index contributed by atoms with van der Waals surface area (Å²) in [4.78, 5) is 22.6. The fourth-order valence-electron chi connectivity index (χ4n) is 1.57. The maximum absolute atomic E-state index is 12.0. The van der Waals surface area contributed by atoms with Crippen LogP contribution in [-0.2, 0) is 11.3 Å². The Bertz CT molecular complexity index is 622. The van der Waals surface area contributed by atoms with Crippen LogP contribution in [0.25, 0.3) is 0 Å². The number of nitrogens with two attached hydrogens (primary N) is 1. The lowest BCUT2D eigenvalue weighted by Crippen LogP contribution is -2.15. The monoisotopic (exact) mass is 384 g/mol. The SMILES string of the molecule is NC(=O)CCn1ccc(NC(=O)c2ccc(I)cc2)n1. The Morgan fingerprint density at radius 2 is 1.95 bits per heavy atom. The molecular weight excluding hydrogens is 371 g/mol. The van der Waals surface area contributed by atoms with Crippen LogP contribution >= 0.6 is 22.6 Å². The summed E-state index contributed by atoms with van der Waals surface area (Å²) in [6.07, 6.45) is 1.90. The maximum atomic E-state index is 12.0. The number of carbonyl (C=O) groups excluding carboxylic acids is 2. The molecule has 2 aromatic rings. The molecule has 0 aliphatic rings. The van der Waals surface area contributed by atoms with Crippen molar-refractivity contribution in [1.82, 2.24) is 9.78 Å². The lowest BCUT2D eigenvalue weighted by atomic mass is 10.2. The zero-order chi connectivity index (χ0) is 14.5. The maximum Gasteiger partial charge on any atom is 0.256 e. The Labute approximate surface area is 129 Å². The minimum atomic E-state index is -0.384. The van der Waals surface area contributed by atoms with Crippen LogP contribution in [-0.4, -0.2) is 21.6 Å². The number of hydrogen-bond acceptors (Lipinski definition) is 3. The number of nitrogens with zero attached hydrogens (tertiary/aromatic N) is 2. The molecule has 20 heavy (non-hydrogen) atoms. The molecule has 0 unspecified atom stereocenters. The number of halogens is 1. The molecular formula is C13H13IN4O2.